The molecule has 0 N–H and O–H groups in total. The zero-order valence-corrected chi connectivity index (χ0v) is 11.8. The van der Waals surface area contributed by atoms with E-state index in [1.54, 1.807) is 6.92 Å². The predicted molar refractivity (Wildman–Crippen MR) is 71.0 cm³/mol. The summed E-state index contributed by atoms with van der Waals surface area (Å²) in [5.41, 5.74) is 2.75. The van der Waals surface area contributed by atoms with Crippen LogP contribution >= 0.6 is 0 Å². The maximum Gasteiger partial charge on any atom is 0.137 e. The number of hydrogen-bond donors (Lipinski definition) is 0. The van der Waals surface area contributed by atoms with Gasteiger partial charge in [-0.2, -0.15) is 5.10 Å². The lowest BCUT2D eigenvalue weighted by Gasteiger charge is -2.09. The molecule has 0 saturated heterocycles. The van der Waals surface area contributed by atoms with Crippen molar-refractivity contribution in [1.82, 2.24) is 14.9 Å². The molecule has 1 atom stereocenters. The average molecular weight is 261 g/mol. The summed E-state index contributed by atoms with van der Waals surface area (Å²) >= 11 is 0. The minimum atomic E-state index is -0.0622. The summed E-state index contributed by atoms with van der Waals surface area (Å²) in [6, 6.07) is 1.89. The minimum Gasteiger partial charge on any atom is -0.361 e. The van der Waals surface area contributed by atoms with Gasteiger partial charge in [0.05, 0.1) is 12.2 Å². The first-order chi connectivity index (χ1) is 9.01. The number of carbonyl (C=O) groups excluding carboxylic acids is 1. The van der Waals surface area contributed by atoms with Crippen molar-refractivity contribution in [3.05, 3.63) is 35.0 Å². The Morgan fingerprint density at radius 2 is 2.21 bits per heavy atom. The van der Waals surface area contributed by atoms with Crippen LogP contribution in [0.3, 0.4) is 0 Å². The van der Waals surface area contributed by atoms with E-state index >= 15 is 0 Å². The Bertz CT molecular complexity index is 583. The lowest BCUT2D eigenvalue weighted by atomic mass is 9.94. The second-order valence-electron chi connectivity index (χ2n) is 4.87. The quantitative estimate of drug-likeness (QED) is 0.830. The fraction of sp³-hybridized carbons (Fsp3) is 0.500. The summed E-state index contributed by atoms with van der Waals surface area (Å²) in [5, 5.41) is 8.40. The van der Waals surface area contributed by atoms with Gasteiger partial charge in [0, 0.05) is 23.7 Å². The molecule has 102 valence electrons. The third-order valence-corrected chi connectivity index (χ3v) is 3.26. The van der Waals surface area contributed by atoms with Crippen molar-refractivity contribution in [2.75, 3.05) is 0 Å². The van der Waals surface area contributed by atoms with Crippen LogP contribution in [-0.4, -0.2) is 20.7 Å². The molecule has 0 aromatic carbocycles. The summed E-state index contributed by atoms with van der Waals surface area (Å²) in [6.45, 7) is 8.01. The van der Waals surface area contributed by atoms with E-state index < -0.39 is 0 Å². The Morgan fingerprint density at radius 1 is 1.47 bits per heavy atom. The summed E-state index contributed by atoms with van der Waals surface area (Å²) in [5.74, 6) is 0.907. The Hall–Kier alpha value is -1.91. The van der Waals surface area contributed by atoms with Crippen LogP contribution in [0.2, 0.25) is 0 Å². The summed E-state index contributed by atoms with van der Waals surface area (Å²) in [6.07, 6.45) is 2.74. The smallest absolute Gasteiger partial charge is 0.137 e. The second kappa shape index (κ2) is 5.38. The number of aryl methyl sites for hydroxylation is 2. The van der Waals surface area contributed by atoms with Crippen LogP contribution in [0, 0.1) is 13.8 Å². The highest BCUT2D eigenvalue weighted by Crippen LogP contribution is 2.23. The molecule has 0 aliphatic rings. The zero-order valence-electron chi connectivity index (χ0n) is 11.8. The first kappa shape index (κ1) is 13.5. The lowest BCUT2D eigenvalue weighted by molar-refractivity contribution is -0.118. The number of carbonyl (C=O) groups is 1. The van der Waals surface area contributed by atoms with E-state index in [9.17, 15) is 4.79 Å². The summed E-state index contributed by atoms with van der Waals surface area (Å²) in [4.78, 5) is 11.6. The number of rotatable bonds is 5. The third-order valence-electron chi connectivity index (χ3n) is 3.26. The number of nitrogens with zero attached hydrogens (tertiary/aromatic N) is 3. The van der Waals surface area contributed by atoms with Crippen molar-refractivity contribution >= 4 is 5.78 Å². The standard InChI is InChI=1S/C14H19N3O2/c1-5-13(11(4)18)14-8-17(15-10(14)3)7-12-6-9(2)19-16-12/h6,8,13H,5,7H2,1-4H3. The van der Waals surface area contributed by atoms with Crippen LogP contribution in [-0.2, 0) is 11.3 Å². The topological polar surface area (TPSA) is 60.9 Å². The van der Waals surface area contributed by atoms with Crippen LogP contribution in [0.5, 0.6) is 0 Å². The molecular formula is C14H19N3O2. The van der Waals surface area contributed by atoms with Crippen molar-refractivity contribution < 1.29 is 9.32 Å². The van der Waals surface area contributed by atoms with Gasteiger partial charge in [0.1, 0.15) is 17.2 Å². The van der Waals surface area contributed by atoms with Crippen molar-refractivity contribution in [3.63, 3.8) is 0 Å². The number of aromatic nitrogens is 3. The van der Waals surface area contributed by atoms with Crippen LogP contribution in [0.25, 0.3) is 0 Å². The van der Waals surface area contributed by atoms with Crippen molar-refractivity contribution in [2.45, 2.75) is 46.6 Å². The second-order valence-corrected chi connectivity index (χ2v) is 4.87. The monoisotopic (exact) mass is 261 g/mol. The lowest BCUT2D eigenvalue weighted by Crippen LogP contribution is -2.08. The number of Topliss-reactive ketones (excluding diaryl/α,β-unsaturated/α-hetero) is 1. The van der Waals surface area contributed by atoms with Crippen molar-refractivity contribution in [3.8, 4) is 0 Å². The van der Waals surface area contributed by atoms with Crippen LogP contribution in [0.1, 0.15) is 48.9 Å². The largest absolute Gasteiger partial charge is 0.361 e. The van der Waals surface area contributed by atoms with E-state index in [0.717, 1.165) is 29.1 Å². The van der Waals surface area contributed by atoms with E-state index in [-0.39, 0.29) is 11.7 Å². The molecule has 0 bridgehead atoms. The van der Waals surface area contributed by atoms with E-state index in [1.807, 2.05) is 37.7 Å². The van der Waals surface area contributed by atoms with Gasteiger partial charge in [0.2, 0.25) is 0 Å². The van der Waals surface area contributed by atoms with E-state index in [2.05, 4.69) is 10.3 Å². The molecule has 0 saturated carbocycles. The molecular weight excluding hydrogens is 242 g/mol. The summed E-state index contributed by atoms with van der Waals surface area (Å²) in [7, 11) is 0. The Morgan fingerprint density at radius 3 is 2.74 bits per heavy atom. The molecule has 2 aromatic heterocycles. The molecule has 2 rings (SSSR count). The predicted octanol–water partition coefficient (Wildman–Crippen LogP) is 2.62. The molecule has 2 aromatic rings. The van der Waals surface area contributed by atoms with Gasteiger partial charge < -0.3 is 4.52 Å². The van der Waals surface area contributed by atoms with Gasteiger partial charge in [0.25, 0.3) is 0 Å². The van der Waals surface area contributed by atoms with E-state index in [4.69, 9.17) is 4.52 Å². The first-order valence-electron chi connectivity index (χ1n) is 6.47. The molecule has 0 radical (unpaired) electrons. The molecule has 2 heterocycles. The Kier molecular flexibility index (Phi) is 3.83. The van der Waals surface area contributed by atoms with Gasteiger partial charge >= 0.3 is 0 Å². The van der Waals surface area contributed by atoms with Crippen molar-refractivity contribution in [1.29, 1.82) is 0 Å². The molecule has 0 amide bonds. The van der Waals surface area contributed by atoms with Gasteiger partial charge in [0.15, 0.2) is 0 Å². The molecule has 19 heavy (non-hydrogen) atoms. The number of hydrogen-bond acceptors (Lipinski definition) is 4. The average Bonchev–Trinajstić information content (AvgIpc) is 2.87. The maximum absolute atomic E-state index is 11.6. The Labute approximate surface area is 112 Å². The van der Waals surface area contributed by atoms with Gasteiger partial charge in [-0.1, -0.05) is 12.1 Å². The third kappa shape index (κ3) is 2.92. The first-order valence-corrected chi connectivity index (χ1v) is 6.47. The van der Waals surface area contributed by atoms with Crippen LogP contribution < -0.4 is 0 Å². The van der Waals surface area contributed by atoms with Gasteiger partial charge in [-0.05, 0) is 27.2 Å². The highest BCUT2D eigenvalue weighted by Gasteiger charge is 2.19. The van der Waals surface area contributed by atoms with Crippen molar-refractivity contribution in [2.24, 2.45) is 0 Å². The fourth-order valence-corrected chi connectivity index (χ4v) is 2.34. The van der Waals surface area contributed by atoms with E-state index in [0.29, 0.717) is 6.54 Å². The van der Waals surface area contributed by atoms with Gasteiger partial charge in [-0.25, -0.2) is 0 Å². The number of ketones is 1. The normalized spacial score (nSPS) is 12.6. The fourth-order valence-electron chi connectivity index (χ4n) is 2.34. The summed E-state index contributed by atoms with van der Waals surface area (Å²) < 4.78 is 6.85. The van der Waals surface area contributed by atoms with Gasteiger partial charge in [-0.15, -0.1) is 0 Å². The molecule has 0 spiro atoms. The Balaban J connectivity index is 2.23. The minimum absolute atomic E-state index is 0.0622. The highest BCUT2D eigenvalue weighted by molar-refractivity contribution is 5.83. The molecule has 0 aliphatic carbocycles. The van der Waals surface area contributed by atoms with E-state index in [1.165, 1.54) is 0 Å². The van der Waals surface area contributed by atoms with Gasteiger partial charge in [-0.3, -0.25) is 9.48 Å². The molecule has 5 heteroatoms. The highest BCUT2D eigenvalue weighted by atomic mass is 16.5. The molecule has 0 aliphatic heterocycles. The maximum atomic E-state index is 11.6. The van der Waals surface area contributed by atoms with Crippen LogP contribution in [0.4, 0.5) is 0 Å². The van der Waals surface area contributed by atoms with Crippen LogP contribution in [0.15, 0.2) is 16.8 Å². The zero-order chi connectivity index (χ0) is 14.0. The SMILES string of the molecule is CCC(C(C)=O)c1cn(Cc2cc(C)on2)nc1C. The molecule has 1 unspecified atom stereocenters. The molecule has 5 nitrogen and oxygen atoms in total. The molecule has 0 fully saturated rings.